The van der Waals surface area contributed by atoms with Crippen LogP contribution in [-0.4, -0.2) is 22.4 Å². The highest BCUT2D eigenvalue weighted by molar-refractivity contribution is 14.1. The average molecular weight is 451 g/mol. The fourth-order valence-corrected chi connectivity index (χ4v) is 3.51. The van der Waals surface area contributed by atoms with Gasteiger partial charge in [0.05, 0.1) is 7.05 Å². The van der Waals surface area contributed by atoms with Gasteiger partial charge in [0.1, 0.15) is 25.0 Å². The van der Waals surface area contributed by atoms with E-state index in [9.17, 15) is 5.11 Å². The van der Waals surface area contributed by atoms with Gasteiger partial charge >= 0.3 is 0 Å². The number of hydrogen-bond donors (Lipinski definition) is 1. The number of nitrogens with zero attached hydrogens (tertiary/aromatic N) is 2. The average Bonchev–Trinajstić information content (AvgIpc) is 2.88. The van der Waals surface area contributed by atoms with Crippen molar-refractivity contribution >= 4 is 33.6 Å². The van der Waals surface area contributed by atoms with Gasteiger partial charge in [0.2, 0.25) is 0 Å². The Morgan fingerprint density at radius 1 is 1.16 bits per heavy atom. The first kappa shape index (κ1) is 18.2. The summed E-state index contributed by atoms with van der Waals surface area (Å²) in [6, 6.07) is 16.2. The van der Waals surface area contributed by atoms with Crippen molar-refractivity contribution in [2.75, 3.05) is 6.61 Å². The number of fused-ring (bicyclic) bond motifs is 1. The lowest BCUT2D eigenvalue weighted by atomic mass is 10.3. The van der Waals surface area contributed by atoms with Crippen LogP contribution in [-0.2, 0) is 20.0 Å². The van der Waals surface area contributed by atoms with Gasteiger partial charge in [-0.2, -0.15) is 0 Å². The molecule has 0 fully saturated rings. The third kappa shape index (κ3) is 4.15. The van der Waals surface area contributed by atoms with Gasteiger partial charge in [-0.15, -0.1) is 0 Å². The van der Waals surface area contributed by atoms with Crippen LogP contribution in [0.3, 0.4) is 0 Å². The molecule has 1 N–H and O–H groups in total. The second kappa shape index (κ2) is 8.19. The Morgan fingerprint density at radius 2 is 1.88 bits per heavy atom. The molecule has 0 amide bonds. The summed E-state index contributed by atoms with van der Waals surface area (Å²) in [4.78, 5) is 0. The Kier molecular flexibility index (Phi) is 5.96. The van der Waals surface area contributed by atoms with E-state index < -0.39 is 6.10 Å². The lowest BCUT2D eigenvalue weighted by molar-refractivity contribution is -0.654. The molecule has 1 aromatic heterocycles. The van der Waals surface area contributed by atoms with Crippen LogP contribution >= 0.6 is 22.6 Å². The molecule has 0 unspecified atom stereocenters. The van der Waals surface area contributed by atoms with Crippen molar-refractivity contribution in [1.82, 2.24) is 4.57 Å². The van der Waals surface area contributed by atoms with Crippen molar-refractivity contribution in [3.05, 3.63) is 57.9 Å². The Balaban J connectivity index is 1.77. The number of imidazole rings is 1. The summed E-state index contributed by atoms with van der Waals surface area (Å²) in [7, 11) is 2.10. The highest BCUT2D eigenvalue weighted by Gasteiger charge is 2.23. The molecule has 0 saturated carbocycles. The van der Waals surface area contributed by atoms with Gasteiger partial charge in [0.25, 0.3) is 5.82 Å². The molecule has 3 aromatic rings. The first-order valence-corrected chi connectivity index (χ1v) is 9.70. The normalized spacial score (nSPS) is 12.5. The molecule has 0 saturated heterocycles. The molecule has 4 nitrogen and oxygen atoms in total. The van der Waals surface area contributed by atoms with Crippen LogP contribution in [0.2, 0.25) is 0 Å². The molecule has 0 aliphatic rings. The highest BCUT2D eigenvalue weighted by Crippen LogP contribution is 2.17. The molecule has 0 aliphatic heterocycles. The quantitative estimate of drug-likeness (QED) is 0.442. The Morgan fingerprint density at radius 3 is 2.60 bits per heavy atom. The lowest BCUT2D eigenvalue weighted by Crippen LogP contribution is -2.34. The number of ether oxygens (including phenoxy) is 1. The zero-order valence-corrected chi connectivity index (χ0v) is 16.8. The number of halogens is 1. The first-order chi connectivity index (χ1) is 12.1. The van der Waals surface area contributed by atoms with Gasteiger partial charge in [0.15, 0.2) is 11.0 Å². The summed E-state index contributed by atoms with van der Waals surface area (Å²) < 4.78 is 11.4. The SMILES string of the molecule is CCCc1n(C[C@@H](O)COc2ccc(I)cc2)c2ccccc2[n+]1C. The Bertz CT molecular complexity index is 843. The van der Waals surface area contributed by atoms with Crippen molar-refractivity contribution in [1.29, 1.82) is 0 Å². The number of rotatable bonds is 7. The van der Waals surface area contributed by atoms with Crippen molar-refractivity contribution in [2.24, 2.45) is 7.05 Å². The van der Waals surface area contributed by atoms with E-state index in [1.807, 2.05) is 30.3 Å². The predicted octanol–water partition coefficient (Wildman–Crippen LogP) is 3.46. The summed E-state index contributed by atoms with van der Waals surface area (Å²) >= 11 is 2.26. The van der Waals surface area contributed by atoms with Gasteiger partial charge in [-0.1, -0.05) is 19.1 Å². The molecule has 0 aliphatic carbocycles. The summed E-state index contributed by atoms with van der Waals surface area (Å²) in [5.74, 6) is 2.02. The summed E-state index contributed by atoms with van der Waals surface area (Å²) in [5.41, 5.74) is 2.35. The fraction of sp³-hybridized carbons (Fsp3) is 0.350. The zero-order valence-electron chi connectivity index (χ0n) is 14.7. The number of aromatic nitrogens is 2. The number of hydrogen-bond acceptors (Lipinski definition) is 2. The monoisotopic (exact) mass is 451 g/mol. The predicted molar refractivity (Wildman–Crippen MR) is 108 cm³/mol. The molecule has 5 heteroatoms. The van der Waals surface area contributed by atoms with Crippen LogP contribution in [0.25, 0.3) is 11.0 Å². The van der Waals surface area contributed by atoms with E-state index in [0.29, 0.717) is 6.54 Å². The van der Waals surface area contributed by atoms with Gasteiger partial charge < -0.3 is 9.84 Å². The van der Waals surface area contributed by atoms with E-state index in [1.54, 1.807) is 0 Å². The maximum Gasteiger partial charge on any atom is 0.257 e. The minimum absolute atomic E-state index is 0.280. The number of benzene rings is 2. The van der Waals surface area contributed by atoms with E-state index in [4.69, 9.17) is 4.74 Å². The Labute approximate surface area is 162 Å². The molecule has 0 radical (unpaired) electrons. The van der Waals surface area contributed by atoms with Crippen molar-refractivity contribution < 1.29 is 14.4 Å². The van der Waals surface area contributed by atoms with E-state index in [-0.39, 0.29) is 6.61 Å². The molecule has 132 valence electrons. The van der Waals surface area contributed by atoms with Crippen molar-refractivity contribution in [3.63, 3.8) is 0 Å². The topological polar surface area (TPSA) is 38.3 Å². The minimum Gasteiger partial charge on any atom is -0.491 e. The highest BCUT2D eigenvalue weighted by atomic mass is 127. The van der Waals surface area contributed by atoms with Crippen LogP contribution in [0.4, 0.5) is 0 Å². The smallest absolute Gasteiger partial charge is 0.257 e. The standard InChI is InChI=1S/C20H24IN2O2/c1-3-6-20-22(2)18-7-4-5-8-19(18)23(20)13-16(24)14-25-17-11-9-15(21)10-12-17/h4-5,7-12,16,24H,3,6,13-14H2,1-2H3/q+1/t16-/m1/s1. The molecular weight excluding hydrogens is 427 g/mol. The van der Waals surface area contributed by atoms with E-state index >= 15 is 0 Å². The third-order valence-electron chi connectivity index (χ3n) is 4.36. The third-order valence-corrected chi connectivity index (χ3v) is 5.07. The summed E-state index contributed by atoms with van der Waals surface area (Å²) in [6.07, 6.45) is 1.49. The maximum atomic E-state index is 10.5. The van der Waals surface area contributed by atoms with Crippen LogP contribution in [0.15, 0.2) is 48.5 Å². The number of aliphatic hydroxyl groups is 1. The molecule has 1 heterocycles. The second-order valence-electron chi connectivity index (χ2n) is 6.24. The number of aliphatic hydroxyl groups excluding tert-OH is 1. The molecule has 3 rings (SSSR count). The zero-order chi connectivity index (χ0) is 17.8. The first-order valence-electron chi connectivity index (χ1n) is 8.62. The van der Waals surface area contributed by atoms with Crippen molar-refractivity contribution in [3.8, 4) is 5.75 Å². The van der Waals surface area contributed by atoms with Gasteiger partial charge in [-0.25, -0.2) is 9.13 Å². The fourth-order valence-electron chi connectivity index (χ4n) is 3.15. The molecule has 25 heavy (non-hydrogen) atoms. The van der Waals surface area contributed by atoms with Crippen LogP contribution < -0.4 is 9.30 Å². The lowest BCUT2D eigenvalue weighted by Gasteiger charge is -2.12. The van der Waals surface area contributed by atoms with Crippen LogP contribution in [0.5, 0.6) is 5.75 Å². The molecule has 0 bridgehead atoms. The minimum atomic E-state index is -0.564. The second-order valence-corrected chi connectivity index (χ2v) is 7.49. The van der Waals surface area contributed by atoms with Gasteiger partial charge in [-0.3, -0.25) is 0 Å². The maximum absolute atomic E-state index is 10.5. The summed E-state index contributed by atoms with van der Waals surface area (Å²) in [5, 5.41) is 10.5. The largest absolute Gasteiger partial charge is 0.491 e. The molecule has 0 spiro atoms. The molecule has 1 atom stereocenters. The molecular formula is C20H24IN2O2+. The Hall–Kier alpha value is -1.60. The van der Waals surface area contributed by atoms with E-state index in [2.05, 4.69) is 63.9 Å². The number of aryl methyl sites for hydroxylation is 1. The van der Waals surface area contributed by atoms with Gasteiger partial charge in [-0.05, 0) is 65.4 Å². The van der Waals surface area contributed by atoms with Gasteiger partial charge in [0, 0.05) is 9.99 Å². The van der Waals surface area contributed by atoms with Crippen molar-refractivity contribution in [2.45, 2.75) is 32.4 Å². The van der Waals surface area contributed by atoms with E-state index in [1.165, 1.54) is 14.9 Å². The summed E-state index contributed by atoms with van der Waals surface area (Å²) in [6.45, 7) is 2.99. The van der Waals surface area contributed by atoms with E-state index in [0.717, 1.165) is 24.1 Å². The number of para-hydroxylation sites is 2. The molecule has 2 aromatic carbocycles. The van der Waals surface area contributed by atoms with Crippen LogP contribution in [0.1, 0.15) is 19.2 Å². The van der Waals surface area contributed by atoms with Crippen LogP contribution in [0, 0.1) is 3.57 Å².